The maximum absolute atomic E-state index is 13.1. The normalized spacial score (nSPS) is 11.0. The van der Waals surface area contributed by atoms with Crippen molar-refractivity contribution in [1.82, 2.24) is 0 Å². The zero-order valence-electron chi connectivity index (χ0n) is 11.3. The van der Waals surface area contributed by atoms with Gasteiger partial charge in [0.15, 0.2) is 5.76 Å². The maximum Gasteiger partial charge on any atom is 0.202 e. The van der Waals surface area contributed by atoms with Crippen molar-refractivity contribution >= 4 is 16.8 Å². The van der Waals surface area contributed by atoms with E-state index in [0.29, 0.717) is 5.58 Å². The van der Waals surface area contributed by atoms with Crippen LogP contribution in [0.4, 0.5) is 8.78 Å². The first kappa shape index (κ1) is 13.5. The van der Waals surface area contributed by atoms with E-state index in [2.05, 4.69) is 0 Å². The molecule has 106 valence electrons. The topological polar surface area (TPSA) is 30.2 Å². The van der Waals surface area contributed by atoms with Gasteiger partial charge in [-0.05, 0) is 42.8 Å². The second kappa shape index (κ2) is 5.13. The molecule has 3 rings (SSSR count). The molecule has 0 aliphatic carbocycles. The van der Waals surface area contributed by atoms with Crippen molar-refractivity contribution in [2.45, 2.75) is 13.3 Å². The van der Waals surface area contributed by atoms with E-state index in [1.54, 1.807) is 12.1 Å². The van der Waals surface area contributed by atoms with E-state index >= 15 is 0 Å². The van der Waals surface area contributed by atoms with Crippen LogP contribution in [0.3, 0.4) is 0 Å². The number of benzene rings is 2. The van der Waals surface area contributed by atoms with Gasteiger partial charge in [-0.1, -0.05) is 11.6 Å². The fourth-order valence-corrected chi connectivity index (χ4v) is 2.29. The fraction of sp³-hybridized carbons (Fsp3) is 0.118. The third-order valence-electron chi connectivity index (χ3n) is 3.23. The van der Waals surface area contributed by atoms with Gasteiger partial charge in [-0.2, -0.15) is 0 Å². The van der Waals surface area contributed by atoms with Crippen molar-refractivity contribution in [3.05, 3.63) is 71.0 Å². The molecule has 2 nitrogen and oxygen atoms in total. The van der Waals surface area contributed by atoms with Gasteiger partial charge in [0.05, 0.1) is 0 Å². The molecule has 0 saturated heterocycles. The molecule has 2 aromatic carbocycles. The number of carbonyl (C=O) groups excluding carboxylic acids is 1. The summed E-state index contributed by atoms with van der Waals surface area (Å²) in [5.41, 5.74) is 1.97. The molecule has 4 heteroatoms. The van der Waals surface area contributed by atoms with Crippen LogP contribution in [0.2, 0.25) is 0 Å². The summed E-state index contributed by atoms with van der Waals surface area (Å²) >= 11 is 0. The van der Waals surface area contributed by atoms with Crippen molar-refractivity contribution < 1.29 is 18.0 Å². The number of rotatable bonds is 3. The molecule has 0 unspecified atom stereocenters. The van der Waals surface area contributed by atoms with Gasteiger partial charge in [0.1, 0.15) is 17.2 Å². The number of carbonyl (C=O) groups is 1. The molecule has 0 amide bonds. The molecule has 0 radical (unpaired) electrons. The van der Waals surface area contributed by atoms with Crippen LogP contribution in [0.1, 0.15) is 21.7 Å². The zero-order valence-corrected chi connectivity index (χ0v) is 11.3. The average molecular weight is 286 g/mol. The summed E-state index contributed by atoms with van der Waals surface area (Å²) in [6.07, 6.45) is -0.104. The quantitative estimate of drug-likeness (QED) is 0.666. The Morgan fingerprint density at radius 3 is 2.48 bits per heavy atom. The first-order valence-corrected chi connectivity index (χ1v) is 6.49. The van der Waals surface area contributed by atoms with Gasteiger partial charge in [0.25, 0.3) is 0 Å². The summed E-state index contributed by atoms with van der Waals surface area (Å²) < 4.78 is 31.7. The summed E-state index contributed by atoms with van der Waals surface area (Å²) in [4.78, 5) is 12.2. The largest absolute Gasteiger partial charge is 0.453 e. The van der Waals surface area contributed by atoms with Gasteiger partial charge in [-0.25, -0.2) is 8.78 Å². The Bertz CT molecular complexity index is 814. The smallest absolute Gasteiger partial charge is 0.202 e. The molecule has 0 aliphatic heterocycles. The third-order valence-corrected chi connectivity index (χ3v) is 3.23. The van der Waals surface area contributed by atoms with Crippen molar-refractivity contribution in [2.24, 2.45) is 0 Å². The molecule has 0 N–H and O–H groups in total. The molecular formula is C17H12F2O2. The van der Waals surface area contributed by atoms with E-state index in [1.807, 2.05) is 19.1 Å². The highest BCUT2D eigenvalue weighted by molar-refractivity contribution is 5.98. The first-order chi connectivity index (χ1) is 10.0. The lowest BCUT2D eigenvalue weighted by Gasteiger charge is -2.00. The van der Waals surface area contributed by atoms with Crippen LogP contribution in [0, 0.1) is 18.6 Å². The van der Waals surface area contributed by atoms with Gasteiger partial charge < -0.3 is 4.42 Å². The summed E-state index contributed by atoms with van der Waals surface area (Å²) in [5, 5.41) is 0.837. The summed E-state index contributed by atoms with van der Waals surface area (Å²) in [7, 11) is 0. The molecule has 3 aromatic rings. The number of aryl methyl sites for hydroxylation is 1. The number of ketones is 1. The number of furan rings is 1. The molecule has 0 saturated carbocycles. The van der Waals surface area contributed by atoms with Crippen molar-refractivity contribution in [2.75, 3.05) is 0 Å². The second-order valence-corrected chi connectivity index (χ2v) is 5.03. The van der Waals surface area contributed by atoms with E-state index in [9.17, 15) is 13.6 Å². The van der Waals surface area contributed by atoms with Crippen LogP contribution in [0.25, 0.3) is 11.0 Å². The Balaban J connectivity index is 1.89. The van der Waals surface area contributed by atoms with Crippen LogP contribution in [-0.4, -0.2) is 5.78 Å². The Hall–Kier alpha value is -2.49. The number of Topliss-reactive ketones (excluding diaryl/α,β-unsaturated/α-hetero) is 1. The number of hydrogen-bond donors (Lipinski definition) is 0. The van der Waals surface area contributed by atoms with Gasteiger partial charge in [-0.3, -0.25) is 4.79 Å². The maximum atomic E-state index is 13.1. The standard InChI is InChI=1S/C17H12F2O2/c1-10-2-3-16-12(4-10)8-17(21-16)15(20)7-11-5-13(18)9-14(19)6-11/h2-6,8-9H,7H2,1H3. The molecule has 21 heavy (non-hydrogen) atoms. The van der Waals surface area contributed by atoms with Crippen LogP contribution < -0.4 is 0 Å². The number of halogens is 2. The lowest BCUT2D eigenvalue weighted by molar-refractivity contribution is 0.0968. The minimum Gasteiger partial charge on any atom is -0.453 e. The zero-order chi connectivity index (χ0) is 15.0. The van der Waals surface area contributed by atoms with E-state index in [1.165, 1.54) is 0 Å². The van der Waals surface area contributed by atoms with Crippen LogP contribution in [0.15, 0.2) is 46.9 Å². The minimum atomic E-state index is -0.696. The van der Waals surface area contributed by atoms with Crippen molar-refractivity contribution in [3.63, 3.8) is 0 Å². The highest BCUT2D eigenvalue weighted by Gasteiger charge is 2.14. The van der Waals surface area contributed by atoms with Crippen LogP contribution >= 0.6 is 0 Å². The summed E-state index contributed by atoms with van der Waals surface area (Å²) in [6, 6.07) is 10.3. The molecular weight excluding hydrogens is 274 g/mol. The summed E-state index contributed by atoms with van der Waals surface area (Å²) in [6.45, 7) is 1.95. The van der Waals surface area contributed by atoms with Crippen LogP contribution in [0.5, 0.6) is 0 Å². The lowest BCUT2D eigenvalue weighted by atomic mass is 10.1. The van der Waals surface area contributed by atoms with Gasteiger partial charge in [-0.15, -0.1) is 0 Å². The fourth-order valence-electron chi connectivity index (χ4n) is 2.29. The molecule has 1 heterocycles. The Morgan fingerprint density at radius 1 is 1.05 bits per heavy atom. The predicted molar refractivity (Wildman–Crippen MR) is 75.3 cm³/mol. The number of fused-ring (bicyclic) bond motifs is 1. The van der Waals surface area contributed by atoms with Gasteiger partial charge in [0, 0.05) is 17.9 Å². The Kier molecular flexibility index (Phi) is 3.29. The van der Waals surface area contributed by atoms with E-state index in [4.69, 9.17) is 4.42 Å². The van der Waals surface area contributed by atoms with Gasteiger partial charge in [0.2, 0.25) is 5.78 Å². The first-order valence-electron chi connectivity index (χ1n) is 6.49. The molecule has 1 aromatic heterocycles. The number of hydrogen-bond acceptors (Lipinski definition) is 2. The molecule has 0 spiro atoms. The molecule has 0 fully saturated rings. The average Bonchev–Trinajstić information content (AvgIpc) is 2.80. The lowest BCUT2D eigenvalue weighted by Crippen LogP contribution is -2.02. The van der Waals surface area contributed by atoms with E-state index < -0.39 is 11.6 Å². The molecule has 0 aliphatic rings. The third kappa shape index (κ3) is 2.84. The highest BCUT2D eigenvalue weighted by Crippen LogP contribution is 2.22. The van der Waals surface area contributed by atoms with E-state index in [-0.39, 0.29) is 23.5 Å². The Labute approximate surface area is 120 Å². The van der Waals surface area contributed by atoms with Crippen molar-refractivity contribution in [1.29, 1.82) is 0 Å². The van der Waals surface area contributed by atoms with Gasteiger partial charge >= 0.3 is 0 Å². The summed E-state index contributed by atoms with van der Waals surface area (Å²) in [5.74, 6) is -1.51. The molecule has 0 atom stereocenters. The predicted octanol–water partition coefficient (Wildman–Crippen LogP) is 4.44. The second-order valence-electron chi connectivity index (χ2n) is 5.03. The Morgan fingerprint density at radius 2 is 1.76 bits per heavy atom. The minimum absolute atomic E-state index is 0.104. The monoisotopic (exact) mass is 286 g/mol. The van der Waals surface area contributed by atoms with Crippen LogP contribution in [-0.2, 0) is 6.42 Å². The molecule has 0 bridgehead atoms. The van der Waals surface area contributed by atoms with Crippen molar-refractivity contribution in [3.8, 4) is 0 Å². The SMILES string of the molecule is Cc1ccc2oc(C(=O)Cc3cc(F)cc(F)c3)cc2c1. The van der Waals surface area contributed by atoms with E-state index in [0.717, 1.165) is 29.1 Å². The highest BCUT2D eigenvalue weighted by atomic mass is 19.1.